The molecule has 0 unspecified atom stereocenters. The second kappa shape index (κ2) is 5.37. The Morgan fingerprint density at radius 2 is 1.95 bits per heavy atom. The molecular formula is C15H19N3O3. The summed E-state index contributed by atoms with van der Waals surface area (Å²) in [4.78, 5) is 25.0. The van der Waals surface area contributed by atoms with Gasteiger partial charge in [0.2, 0.25) is 0 Å². The first kappa shape index (κ1) is 13.9. The topological polar surface area (TPSA) is 81.7 Å². The van der Waals surface area contributed by atoms with Crippen LogP contribution in [0.25, 0.3) is 0 Å². The molecular weight excluding hydrogens is 270 g/mol. The van der Waals surface area contributed by atoms with E-state index in [1.165, 1.54) is 0 Å². The van der Waals surface area contributed by atoms with Gasteiger partial charge in [-0.2, -0.15) is 0 Å². The van der Waals surface area contributed by atoms with Gasteiger partial charge in [-0.1, -0.05) is 12.1 Å². The van der Waals surface area contributed by atoms with Crippen molar-refractivity contribution in [1.82, 2.24) is 10.2 Å². The van der Waals surface area contributed by atoms with Gasteiger partial charge in [0.15, 0.2) is 0 Å². The number of likely N-dealkylation sites (tertiary alicyclic amines) is 1. The third-order valence-corrected chi connectivity index (χ3v) is 4.25. The molecule has 1 spiro atoms. The highest BCUT2D eigenvalue weighted by Gasteiger charge is 2.39. The van der Waals surface area contributed by atoms with Crippen molar-refractivity contribution in [3.05, 3.63) is 29.8 Å². The number of carboxylic acid groups (broad SMARTS) is 1. The summed E-state index contributed by atoms with van der Waals surface area (Å²) in [5.41, 5.74) is 1.15. The van der Waals surface area contributed by atoms with E-state index >= 15 is 0 Å². The summed E-state index contributed by atoms with van der Waals surface area (Å²) >= 11 is 0. The number of aliphatic carboxylic acids is 1. The molecule has 21 heavy (non-hydrogen) atoms. The Hall–Kier alpha value is -2.08. The normalized spacial score (nSPS) is 20.5. The first-order valence-electron chi connectivity index (χ1n) is 7.22. The fraction of sp³-hybridized carbons (Fsp3) is 0.467. The lowest BCUT2D eigenvalue weighted by Crippen LogP contribution is -2.62. The van der Waals surface area contributed by atoms with E-state index < -0.39 is 11.6 Å². The number of nitrogens with zero attached hydrogens (tertiary/aromatic N) is 1. The van der Waals surface area contributed by atoms with Crippen LogP contribution >= 0.6 is 0 Å². The molecule has 1 aromatic carbocycles. The van der Waals surface area contributed by atoms with Gasteiger partial charge < -0.3 is 20.6 Å². The summed E-state index contributed by atoms with van der Waals surface area (Å²) in [6, 6.07) is 7.51. The number of fused-ring (bicyclic) bond motifs is 1. The maximum absolute atomic E-state index is 12.2. The first-order valence-corrected chi connectivity index (χ1v) is 7.22. The highest BCUT2D eigenvalue weighted by atomic mass is 16.4. The monoisotopic (exact) mass is 289 g/mol. The molecule has 2 heterocycles. The van der Waals surface area contributed by atoms with Crippen LogP contribution in [0.1, 0.15) is 29.6 Å². The van der Waals surface area contributed by atoms with Gasteiger partial charge in [-0.15, -0.1) is 0 Å². The quantitative estimate of drug-likeness (QED) is 0.776. The molecule has 0 radical (unpaired) electrons. The Kier molecular flexibility index (Phi) is 3.55. The van der Waals surface area contributed by atoms with Crippen molar-refractivity contribution >= 4 is 17.6 Å². The van der Waals surface area contributed by atoms with Crippen LogP contribution in [0.5, 0.6) is 0 Å². The average Bonchev–Trinajstić information content (AvgIpc) is 2.47. The zero-order valence-corrected chi connectivity index (χ0v) is 11.8. The van der Waals surface area contributed by atoms with E-state index in [2.05, 4.69) is 15.5 Å². The molecule has 1 aromatic rings. The molecule has 1 fully saturated rings. The largest absolute Gasteiger partial charge is 0.481 e. The van der Waals surface area contributed by atoms with Crippen molar-refractivity contribution in [3.8, 4) is 0 Å². The summed E-state index contributed by atoms with van der Waals surface area (Å²) in [6.07, 6.45) is 1.70. The Morgan fingerprint density at radius 1 is 1.24 bits per heavy atom. The number of anilines is 1. The highest BCUT2D eigenvalue weighted by Crippen LogP contribution is 2.31. The molecule has 6 heteroatoms. The van der Waals surface area contributed by atoms with Crippen LogP contribution in [0.15, 0.2) is 24.3 Å². The van der Waals surface area contributed by atoms with Gasteiger partial charge in [-0.05, 0) is 12.1 Å². The van der Waals surface area contributed by atoms with Gasteiger partial charge in [0.1, 0.15) is 5.66 Å². The lowest BCUT2D eigenvalue weighted by atomic mass is 9.92. The maximum Gasteiger partial charge on any atom is 0.304 e. The Morgan fingerprint density at radius 3 is 2.67 bits per heavy atom. The van der Waals surface area contributed by atoms with Crippen LogP contribution in [-0.2, 0) is 4.79 Å². The van der Waals surface area contributed by atoms with E-state index in [1.54, 1.807) is 0 Å². The smallest absolute Gasteiger partial charge is 0.304 e. The van der Waals surface area contributed by atoms with Crippen LogP contribution in [0.3, 0.4) is 0 Å². The van der Waals surface area contributed by atoms with Crippen molar-refractivity contribution in [1.29, 1.82) is 0 Å². The summed E-state index contributed by atoms with van der Waals surface area (Å²) in [5.74, 6) is -0.809. The maximum atomic E-state index is 12.2. The number of hydrogen-bond donors (Lipinski definition) is 3. The van der Waals surface area contributed by atoms with Gasteiger partial charge in [0.05, 0.1) is 12.0 Å². The van der Waals surface area contributed by atoms with Crippen molar-refractivity contribution in [2.24, 2.45) is 0 Å². The number of nitrogens with one attached hydrogen (secondary N) is 2. The number of amides is 1. The predicted molar refractivity (Wildman–Crippen MR) is 78.2 cm³/mol. The van der Waals surface area contributed by atoms with E-state index in [9.17, 15) is 9.59 Å². The van der Waals surface area contributed by atoms with Crippen LogP contribution in [0.4, 0.5) is 5.69 Å². The highest BCUT2D eigenvalue weighted by molar-refractivity contribution is 6.02. The molecule has 112 valence electrons. The average molecular weight is 289 g/mol. The molecule has 0 bridgehead atoms. The summed E-state index contributed by atoms with van der Waals surface area (Å²) in [5, 5.41) is 15.3. The number of benzene rings is 1. The number of rotatable bonds is 3. The minimum Gasteiger partial charge on any atom is -0.481 e. The molecule has 3 N–H and O–H groups in total. The Bertz CT molecular complexity index is 565. The molecule has 0 saturated carbocycles. The minimum atomic E-state index is -0.770. The summed E-state index contributed by atoms with van der Waals surface area (Å²) < 4.78 is 0. The van der Waals surface area contributed by atoms with Crippen LogP contribution in [0.2, 0.25) is 0 Å². The first-order chi connectivity index (χ1) is 10.1. The molecule has 3 rings (SSSR count). The van der Waals surface area contributed by atoms with Crippen molar-refractivity contribution in [2.75, 3.05) is 25.0 Å². The Labute approximate surface area is 123 Å². The minimum absolute atomic E-state index is 0.0386. The SMILES string of the molecule is O=C(O)CCN1CCC2(CC1)NC(=O)c1ccccc1N2. The third kappa shape index (κ3) is 2.85. The van der Waals surface area contributed by atoms with E-state index in [4.69, 9.17) is 5.11 Å². The summed E-state index contributed by atoms with van der Waals surface area (Å²) in [6.45, 7) is 2.13. The molecule has 1 amide bonds. The van der Waals surface area contributed by atoms with Crippen LogP contribution < -0.4 is 10.6 Å². The molecule has 2 aliphatic heterocycles. The number of para-hydroxylation sites is 1. The molecule has 0 aromatic heterocycles. The van der Waals surface area contributed by atoms with E-state index in [0.717, 1.165) is 31.6 Å². The van der Waals surface area contributed by atoms with Gasteiger partial charge in [0.25, 0.3) is 5.91 Å². The van der Waals surface area contributed by atoms with Crippen LogP contribution in [0, 0.1) is 0 Å². The third-order valence-electron chi connectivity index (χ3n) is 4.25. The van der Waals surface area contributed by atoms with E-state index in [-0.39, 0.29) is 12.3 Å². The number of carbonyl (C=O) groups is 2. The molecule has 0 aliphatic carbocycles. The van der Waals surface area contributed by atoms with E-state index in [0.29, 0.717) is 12.1 Å². The van der Waals surface area contributed by atoms with Crippen molar-refractivity contribution in [2.45, 2.75) is 24.9 Å². The number of piperidine rings is 1. The Balaban J connectivity index is 1.66. The lowest BCUT2D eigenvalue weighted by Gasteiger charge is -2.45. The summed E-state index contributed by atoms with van der Waals surface area (Å²) in [7, 11) is 0. The van der Waals surface area contributed by atoms with Gasteiger partial charge >= 0.3 is 5.97 Å². The zero-order valence-electron chi connectivity index (χ0n) is 11.8. The standard InChI is InChI=1S/C15H19N3O3/c19-13(20)5-8-18-9-6-15(7-10-18)16-12-4-2-1-3-11(12)14(21)17-15/h1-4,16H,5-10H2,(H,17,21)(H,19,20). The molecule has 2 aliphatic rings. The number of hydrogen-bond acceptors (Lipinski definition) is 4. The number of carboxylic acids is 1. The fourth-order valence-corrected chi connectivity index (χ4v) is 3.03. The number of carbonyl (C=O) groups excluding carboxylic acids is 1. The van der Waals surface area contributed by atoms with Gasteiger partial charge in [-0.25, -0.2) is 0 Å². The van der Waals surface area contributed by atoms with Gasteiger partial charge in [0, 0.05) is 38.2 Å². The van der Waals surface area contributed by atoms with E-state index in [1.807, 2.05) is 24.3 Å². The second-order valence-corrected chi connectivity index (χ2v) is 5.69. The predicted octanol–water partition coefficient (Wildman–Crippen LogP) is 1.11. The van der Waals surface area contributed by atoms with Crippen molar-refractivity contribution in [3.63, 3.8) is 0 Å². The molecule has 0 atom stereocenters. The molecule has 6 nitrogen and oxygen atoms in total. The van der Waals surface area contributed by atoms with Crippen LogP contribution in [-0.4, -0.2) is 47.2 Å². The van der Waals surface area contributed by atoms with Crippen molar-refractivity contribution < 1.29 is 14.7 Å². The van der Waals surface area contributed by atoms with Gasteiger partial charge in [-0.3, -0.25) is 9.59 Å². The molecule has 1 saturated heterocycles. The fourth-order valence-electron chi connectivity index (χ4n) is 3.03. The zero-order chi connectivity index (χ0) is 14.9. The lowest BCUT2D eigenvalue weighted by molar-refractivity contribution is -0.137. The second-order valence-electron chi connectivity index (χ2n) is 5.69.